The number of carbonyl (C=O) groups is 2. The first kappa shape index (κ1) is 23.0. The van der Waals surface area contributed by atoms with Crippen molar-refractivity contribution in [3.8, 4) is 0 Å². The quantitative estimate of drug-likeness (QED) is 0.623. The molecule has 166 valence electrons. The Bertz CT molecular complexity index is 1190. The van der Waals surface area contributed by atoms with Crippen molar-refractivity contribution >= 4 is 37.2 Å². The third-order valence-electron chi connectivity index (χ3n) is 5.06. The van der Waals surface area contributed by atoms with Crippen LogP contribution in [-0.4, -0.2) is 52.6 Å². The zero-order chi connectivity index (χ0) is 22.8. The van der Waals surface area contributed by atoms with Crippen molar-refractivity contribution < 1.29 is 26.4 Å². The number of hydrogen-bond acceptors (Lipinski definition) is 6. The van der Waals surface area contributed by atoms with Gasteiger partial charge in [-0.05, 0) is 56.7 Å². The molecule has 1 N–H and O–H groups in total. The van der Waals surface area contributed by atoms with Crippen molar-refractivity contribution in [3.63, 3.8) is 0 Å². The maximum absolute atomic E-state index is 13.3. The lowest BCUT2D eigenvalue weighted by Gasteiger charge is -2.25. The fraction of sp³-hybridized carbons (Fsp3) is 0.333. The molecular weight excluding hydrogens is 440 g/mol. The number of aryl methyl sites for hydroxylation is 1. The first-order valence-corrected chi connectivity index (χ1v) is 12.9. The number of hydrogen-bond donors (Lipinski definition) is 1. The van der Waals surface area contributed by atoms with Gasteiger partial charge >= 0.3 is 0 Å². The van der Waals surface area contributed by atoms with E-state index in [1.165, 1.54) is 43.3 Å². The Morgan fingerprint density at radius 1 is 1.06 bits per heavy atom. The van der Waals surface area contributed by atoms with E-state index >= 15 is 0 Å². The van der Waals surface area contributed by atoms with Crippen molar-refractivity contribution in [2.24, 2.45) is 0 Å². The number of nitrogens with zero attached hydrogens (tertiary/aromatic N) is 1. The van der Waals surface area contributed by atoms with Gasteiger partial charge in [0, 0.05) is 11.6 Å². The maximum Gasteiger partial charge on any atom is 0.264 e. The second-order valence-corrected chi connectivity index (χ2v) is 11.7. The number of rotatable bonds is 7. The summed E-state index contributed by atoms with van der Waals surface area (Å²) in [6.07, 6.45) is 0.298. The van der Waals surface area contributed by atoms with Crippen LogP contribution in [-0.2, 0) is 24.7 Å². The molecule has 0 bridgehead atoms. The van der Waals surface area contributed by atoms with E-state index in [9.17, 15) is 26.4 Å². The van der Waals surface area contributed by atoms with E-state index in [1.54, 1.807) is 12.1 Å². The highest BCUT2D eigenvalue weighted by Crippen LogP contribution is 2.24. The number of benzene rings is 2. The van der Waals surface area contributed by atoms with Gasteiger partial charge in [0.25, 0.3) is 10.0 Å². The Morgan fingerprint density at radius 3 is 2.19 bits per heavy atom. The summed E-state index contributed by atoms with van der Waals surface area (Å²) >= 11 is 0. The second-order valence-electron chi connectivity index (χ2n) is 7.60. The van der Waals surface area contributed by atoms with Crippen LogP contribution in [0.3, 0.4) is 0 Å². The molecule has 0 unspecified atom stereocenters. The summed E-state index contributed by atoms with van der Waals surface area (Å²) in [5.41, 5.74) is 1.52. The number of sulfonamides is 1. The number of Topliss-reactive ketones (excluding diaryl/α,β-unsaturated/α-hetero) is 1. The number of carbonyl (C=O) groups excluding carboxylic acids is 2. The van der Waals surface area contributed by atoms with Crippen LogP contribution in [0.15, 0.2) is 53.4 Å². The topological polar surface area (TPSA) is 118 Å². The third kappa shape index (κ3) is 5.50. The van der Waals surface area contributed by atoms with Crippen molar-refractivity contribution in [1.82, 2.24) is 5.32 Å². The Labute approximate surface area is 182 Å². The van der Waals surface area contributed by atoms with Crippen LogP contribution >= 0.6 is 0 Å². The van der Waals surface area contributed by atoms with Gasteiger partial charge in [-0.1, -0.05) is 17.7 Å². The van der Waals surface area contributed by atoms with E-state index in [0.29, 0.717) is 12.0 Å². The van der Waals surface area contributed by atoms with E-state index in [1.807, 2.05) is 6.92 Å². The van der Waals surface area contributed by atoms with Gasteiger partial charge in [0.2, 0.25) is 5.91 Å². The molecule has 1 aliphatic heterocycles. The van der Waals surface area contributed by atoms with Crippen LogP contribution < -0.4 is 9.62 Å². The summed E-state index contributed by atoms with van der Waals surface area (Å²) in [5, 5.41) is 2.62. The predicted octanol–water partition coefficient (Wildman–Crippen LogP) is 1.70. The average molecular weight is 465 g/mol. The molecule has 0 spiro atoms. The summed E-state index contributed by atoms with van der Waals surface area (Å²) < 4.78 is 50.9. The summed E-state index contributed by atoms with van der Waals surface area (Å²) in [4.78, 5) is 24.2. The van der Waals surface area contributed by atoms with Crippen molar-refractivity contribution in [2.75, 3.05) is 22.4 Å². The molecule has 0 saturated carbocycles. The first-order valence-electron chi connectivity index (χ1n) is 9.68. The fourth-order valence-corrected chi connectivity index (χ4v) is 6.42. The van der Waals surface area contributed by atoms with Crippen LogP contribution in [0, 0.1) is 6.92 Å². The van der Waals surface area contributed by atoms with Gasteiger partial charge in [0.15, 0.2) is 15.6 Å². The van der Waals surface area contributed by atoms with Crippen molar-refractivity contribution in [2.45, 2.75) is 31.2 Å². The highest BCUT2D eigenvalue weighted by molar-refractivity contribution is 7.93. The number of nitrogens with one attached hydrogen (secondary N) is 1. The predicted molar refractivity (Wildman–Crippen MR) is 117 cm³/mol. The summed E-state index contributed by atoms with van der Waals surface area (Å²) in [6, 6.07) is 11.6. The molecular formula is C21H24N2O6S2. The van der Waals surface area contributed by atoms with Gasteiger partial charge in [-0.2, -0.15) is 0 Å². The molecule has 1 saturated heterocycles. The lowest BCUT2D eigenvalue weighted by molar-refractivity contribution is -0.120. The number of ketones is 1. The fourth-order valence-electron chi connectivity index (χ4n) is 3.33. The molecule has 3 rings (SSSR count). The monoisotopic (exact) mass is 464 g/mol. The van der Waals surface area contributed by atoms with Crippen LogP contribution in [0.1, 0.15) is 29.3 Å². The van der Waals surface area contributed by atoms with E-state index in [2.05, 4.69) is 5.32 Å². The molecule has 2 aromatic carbocycles. The molecule has 8 nitrogen and oxygen atoms in total. The van der Waals surface area contributed by atoms with E-state index in [0.717, 1.165) is 9.87 Å². The molecule has 1 amide bonds. The van der Waals surface area contributed by atoms with Gasteiger partial charge < -0.3 is 5.32 Å². The molecule has 1 atom stereocenters. The van der Waals surface area contributed by atoms with Gasteiger partial charge in [-0.15, -0.1) is 0 Å². The molecule has 1 fully saturated rings. The van der Waals surface area contributed by atoms with Gasteiger partial charge in [0.1, 0.15) is 6.54 Å². The van der Waals surface area contributed by atoms with Gasteiger partial charge in [-0.3, -0.25) is 13.9 Å². The second kappa shape index (κ2) is 8.80. The molecule has 31 heavy (non-hydrogen) atoms. The molecule has 0 radical (unpaired) electrons. The molecule has 0 aliphatic carbocycles. The van der Waals surface area contributed by atoms with Crippen molar-refractivity contribution in [3.05, 3.63) is 59.7 Å². The van der Waals surface area contributed by atoms with Crippen molar-refractivity contribution in [1.29, 1.82) is 0 Å². The SMILES string of the molecule is CC(=O)c1ccc(N(CC(=O)N[C@@H]2CCS(=O)(=O)C2)S(=O)(=O)c2ccc(C)cc2)cc1. The summed E-state index contributed by atoms with van der Waals surface area (Å²) in [7, 11) is -7.27. The van der Waals surface area contributed by atoms with Gasteiger partial charge in [-0.25, -0.2) is 16.8 Å². The highest BCUT2D eigenvalue weighted by atomic mass is 32.2. The molecule has 1 heterocycles. The Morgan fingerprint density at radius 2 is 1.68 bits per heavy atom. The molecule has 0 aromatic heterocycles. The highest BCUT2D eigenvalue weighted by Gasteiger charge is 2.31. The van der Waals surface area contributed by atoms with Crippen LogP contribution in [0.25, 0.3) is 0 Å². The number of sulfone groups is 1. The van der Waals surface area contributed by atoms with E-state index in [4.69, 9.17) is 0 Å². The largest absolute Gasteiger partial charge is 0.351 e. The summed E-state index contributed by atoms with van der Waals surface area (Å²) in [6.45, 7) is 2.71. The maximum atomic E-state index is 13.3. The average Bonchev–Trinajstić information content (AvgIpc) is 3.04. The van der Waals surface area contributed by atoms with Gasteiger partial charge in [0.05, 0.1) is 22.1 Å². The Hall–Kier alpha value is -2.72. The molecule has 2 aromatic rings. The zero-order valence-corrected chi connectivity index (χ0v) is 18.9. The minimum absolute atomic E-state index is 0.00413. The van der Waals surface area contributed by atoms with Crippen LogP contribution in [0.2, 0.25) is 0 Å². The zero-order valence-electron chi connectivity index (χ0n) is 17.2. The smallest absolute Gasteiger partial charge is 0.264 e. The lowest BCUT2D eigenvalue weighted by Crippen LogP contribution is -2.44. The summed E-state index contributed by atoms with van der Waals surface area (Å²) in [5.74, 6) is -0.930. The standard InChI is InChI=1S/C21H24N2O6S2/c1-15-3-9-20(10-4-15)31(28,29)23(19-7-5-17(6-8-19)16(2)24)13-21(25)22-18-11-12-30(26,27)14-18/h3-10,18H,11-14H2,1-2H3,(H,22,25)/t18-/m1/s1. The minimum Gasteiger partial charge on any atom is -0.351 e. The third-order valence-corrected chi connectivity index (χ3v) is 8.61. The minimum atomic E-state index is -4.09. The lowest BCUT2D eigenvalue weighted by atomic mass is 10.1. The first-order chi connectivity index (χ1) is 14.5. The molecule has 1 aliphatic rings. The normalized spacial score (nSPS) is 17.8. The van der Waals surface area contributed by atoms with Crippen LogP contribution in [0.4, 0.5) is 5.69 Å². The Kier molecular flexibility index (Phi) is 6.51. The van der Waals surface area contributed by atoms with E-state index in [-0.39, 0.29) is 27.9 Å². The van der Waals surface area contributed by atoms with Crippen LogP contribution in [0.5, 0.6) is 0 Å². The number of anilines is 1. The molecule has 10 heteroatoms. The number of amides is 1. The van der Waals surface area contributed by atoms with E-state index < -0.39 is 38.4 Å². The Balaban J connectivity index is 1.91.